The molecular formula is C11H24N2OS. The molecule has 4 heteroatoms. The van der Waals surface area contributed by atoms with Gasteiger partial charge < -0.3 is 10.2 Å². The number of likely N-dealkylation sites (tertiary alicyclic amines) is 1. The highest BCUT2D eigenvalue weighted by Gasteiger charge is 2.18. The first-order valence-corrected chi connectivity index (χ1v) is 7.47. The van der Waals surface area contributed by atoms with Crippen LogP contribution in [0.5, 0.6) is 0 Å². The lowest BCUT2D eigenvalue weighted by molar-refractivity contribution is 0.200. The van der Waals surface area contributed by atoms with Crippen molar-refractivity contribution in [2.75, 3.05) is 32.9 Å². The van der Waals surface area contributed by atoms with Gasteiger partial charge in [0.1, 0.15) is 0 Å². The first kappa shape index (κ1) is 13.1. The van der Waals surface area contributed by atoms with Gasteiger partial charge in [0.25, 0.3) is 0 Å². The second-order valence-electron chi connectivity index (χ2n) is 4.50. The quantitative estimate of drug-likeness (QED) is 0.762. The Morgan fingerprint density at radius 2 is 2.07 bits per heavy atom. The summed E-state index contributed by atoms with van der Waals surface area (Å²) < 4.78 is 11.2. The van der Waals surface area contributed by atoms with Crippen LogP contribution in [-0.2, 0) is 10.8 Å². The molecule has 0 aromatic carbocycles. The Morgan fingerprint density at radius 3 is 2.53 bits per heavy atom. The summed E-state index contributed by atoms with van der Waals surface area (Å²) in [6.45, 7) is 5.57. The molecule has 1 saturated heterocycles. The summed E-state index contributed by atoms with van der Waals surface area (Å²) in [5, 5.41) is 3.67. The van der Waals surface area contributed by atoms with Crippen molar-refractivity contribution in [2.45, 2.75) is 37.5 Å². The predicted molar refractivity (Wildman–Crippen MR) is 66.7 cm³/mol. The molecule has 0 bridgehead atoms. The van der Waals surface area contributed by atoms with Crippen LogP contribution in [0.3, 0.4) is 0 Å². The third kappa shape index (κ3) is 4.62. The number of rotatable bonds is 5. The standard InChI is InChI=1S/C11H24N2OS/c1-10(15(3)14)4-7-13-8-5-11(12-2)6-9-13/h10-12H,4-9H2,1-3H3. The molecule has 0 aromatic rings. The van der Waals surface area contributed by atoms with Crippen molar-refractivity contribution < 1.29 is 4.21 Å². The maximum atomic E-state index is 11.2. The van der Waals surface area contributed by atoms with E-state index in [1.54, 1.807) is 6.26 Å². The first-order valence-electron chi connectivity index (χ1n) is 5.85. The maximum Gasteiger partial charge on any atom is 0.0329 e. The fourth-order valence-corrected chi connectivity index (χ4v) is 2.41. The van der Waals surface area contributed by atoms with E-state index in [2.05, 4.69) is 17.1 Å². The Hall–Kier alpha value is 0.0700. The molecule has 0 aliphatic carbocycles. The van der Waals surface area contributed by atoms with Gasteiger partial charge in [-0.15, -0.1) is 0 Å². The van der Waals surface area contributed by atoms with Gasteiger partial charge >= 0.3 is 0 Å². The zero-order valence-corrected chi connectivity index (χ0v) is 11.0. The van der Waals surface area contributed by atoms with Gasteiger partial charge in [-0.3, -0.25) is 4.21 Å². The van der Waals surface area contributed by atoms with Crippen LogP contribution in [0.25, 0.3) is 0 Å². The van der Waals surface area contributed by atoms with Gasteiger partial charge in [-0.2, -0.15) is 0 Å². The molecule has 2 atom stereocenters. The van der Waals surface area contributed by atoms with E-state index >= 15 is 0 Å². The number of piperidine rings is 1. The summed E-state index contributed by atoms with van der Waals surface area (Å²) in [6, 6.07) is 0.707. The number of nitrogens with one attached hydrogen (secondary N) is 1. The van der Waals surface area contributed by atoms with E-state index in [1.807, 2.05) is 7.05 Å². The fourth-order valence-electron chi connectivity index (χ4n) is 1.98. The van der Waals surface area contributed by atoms with Gasteiger partial charge in [0.2, 0.25) is 0 Å². The highest BCUT2D eigenvalue weighted by Crippen LogP contribution is 2.11. The molecule has 0 spiro atoms. The van der Waals surface area contributed by atoms with Gasteiger partial charge in [-0.05, 0) is 45.9 Å². The van der Waals surface area contributed by atoms with Crippen molar-refractivity contribution in [2.24, 2.45) is 0 Å². The van der Waals surface area contributed by atoms with E-state index in [0.717, 1.165) is 13.0 Å². The normalized spacial score (nSPS) is 23.9. The molecule has 1 aliphatic rings. The summed E-state index contributed by atoms with van der Waals surface area (Å²) in [6.07, 6.45) is 5.37. The van der Waals surface area contributed by atoms with Crippen molar-refractivity contribution in [1.29, 1.82) is 0 Å². The summed E-state index contributed by atoms with van der Waals surface area (Å²) in [5.74, 6) is 0. The van der Waals surface area contributed by atoms with E-state index in [0.29, 0.717) is 11.3 Å². The Kier molecular flexibility index (Phi) is 5.79. The summed E-state index contributed by atoms with van der Waals surface area (Å²) in [4.78, 5) is 2.50. The number of nitrogens with zero attached hydrogens (tertiary/aromatic N) is 1. The molecule has 1 N–H and O–H groups in total. The topological polar surface area (TPSA) is 32.3 Å². The van der Waals surface area contributed by atoms with Crippen molar-refractivity contribution >= 4 is 10.8 Å². The third-order valence-electron chi connectivity index (χ3n) is 3.41. The lowest BCUT2D eigenvalue weighted by atomic mass is 10.1. The molecular weight excluding hydrogens is 208 g/mol. The summed E-state index contributed by atoms with van der Waals surface area (Å²) in [5.41, 5.74) is 0. The number of hydrogen-bond acceptors (Lipinski definition) is 3. The third-order valence-corrected chi connectivity index (χ3v) is 4.78. The van der Waals surface area contributed by atoms with Crippen LogP contribution < -0.4 is 5.32 Å². The Labute approximate surface area is 96.1 Å². The molecule has 0 aromatic heterocycles. The largest absolute Gasteiger partial charge is 0.317 e. The van der Waals surface area contributed by atoms with Crippen LogP contribution in [0.2, 0.25) is 0 Å². The van der Waals surface area contributed by atoms with Gasteiger partial charge in [0.05, 0.1) is 0 Å². The average Bonchev–Trinajstić information content (AvgIpc) is 2.26. The van der Waals surface area contributed by atoms with E-state index in [9.17, 15) is 4.21 Å². The van der Waals surface area contributed by atoms with Gasteiger partial charge in [0.15, 0.2) is 0 Å². The van der Waals surface area contributed by atoms with Crippen molar-refractivity contribution in [3.63, 3.8) is 0 Å². The highest BCUT2D eigenvalue weighted by atomic mass is 32.2. The maximum absolute atomic E-state index is 11.2. The Bertz CT molecular complexity index is 203. The van der Waals surface area contributed by atoms with Crippen molar-refractivity contribution in [1.82, 2.24) is 10.2 Å². The molecule has 15 heavy (non-hydrogen) atoms. The van der Waals surface area contributed by atoms with Crippen LogP contribution in [0.1, 0.15) is 26.2 Å². The molecule has 3 nitrogen and oxygen atoms in total. The molecule has 0 radical (unpaired) electrons. The minimum atomic E-state index is -0.662. The summed E-state index contributed by atoms with van der Waals surface area (Å²) in [7, 11) is 1.38. The van der Waals surface area contributed by atoms with Gasteiger partial charge in [-0.1, -0.05) is 6.92 Å². The molecule has 0 amide bonds. The van der Waals surface area contributed by atoms with Crippen molar-refractivity contribution in [3.05, 3.63) is 0 Å². The van der Waals surface area contributed by atoms with Crippen LogP contribution in [0, 0.1) is 0 Å². The van der Waals surface area contributed by atoms with E-state index in [4.69, 9.17) is 0 Å². The minimum absolute atomic E-state index is 0.340. The molecule has 1 heterocycles. The molecule has 2 unspecified atom stereocenters. The Morgan fingerprint density at radius 1 is 1.47 bits per heavy atom. The molecule has 0 saturated carbocycles. The van der Waals surface area contributed by atoms with Gasteiger partial charge in [0, 0.05) is 28.3 Å². The zero-order valence-electron chi connectivity index (χ0n) is 10.2. The highest BCUT2D eigenvalue weighted by molar-refractivity contribution is 7.84. The number of hydrogen-bond donors (Lipinski definition) is 1. The van der Waals surface area contributed by atoms with Crippen molar-refractivity contribution in [3.8, 4) is 0 Å². The second kappa shape index (κ2) is 6.61. The first-order chi connectivity index (χ1) is 7.13. The van der Waals surface area contributed by atoms with E-state index < -0.39 is 10.8 Å². The van der Waals surface area contributed by atoms with E-state index in [-0.39, 0.29) is 0 Å². The van der Waals surface area contributed by atoms with Crippen LogP contribution >= 0.6 is 0 Å². The van der Waals surface area contributed by atoms with E-state index in [1.165, 1.54) is 25.9 Å². The van der Waals surface area contributed by atoms with Crippen LogP contribution in [0.15, 0.2) is 0 Å². The second-order valence-corrected chi connectivity index (χ2v) is 6.30. The monoisotopic (exact) mass is 232 g/mol. The van der Waals surface area contributed by atoms with Gasteiger partial charge in [-0.25, -0.2) is 0 Å². The molecule has 1 aliphatic heterocycles. The van der Waals surface area contributed by atoms with Crippen LogP contribution in [0.4, 0.5) is 0 Å². The minimum Gasteiger partial charge on any atom is -0.317 e. The van der Waals surface area contributed by atoms with Crippen LogP contribution in [-0.4, -0.2) is 53.3 Å². The Balaban J connectivity index is 2.16. The fraction of sp³-hybridized carbons (Fsp3) is 1.00. The zero-order chi connectivity index (χ0) is 11.3. The predicted octanol–water partition coefficient (Wildman–Crippen LogP) is 0.827. The lowest BCUT2D eigenvalue weighted by Gasteiger charge is -2.32. The smallest absolute Gasteiger partial charge is 0.0329 e. The SMILES string of the molecule is CNC1CCN(CCC(C)S(C)=O)CC1. The lowest BCUT2D eigenvalue weighted by Crippen LogP contribution is -2.42. The molecule has 1 fully saturated rings. The molecule has 1 rings (SSSR count). The molecule has 90 valence electrons. The average molecular weight is 232 g/mol. The summed E-state index contributed by atoms with van der Waals surface area (Å²) >= 11 is 0.